The monoisotopic (exact) mass is 224 g/mol. The Morgan fingerprint density at radius 2 is 2.12 bits per heavy atom. The first-order valence-corrected chi connectivity index (χ1v) is 6.39. The van der Waals surface area contributed by atoms with E-state index in [1.165, 1.54) is 31.4 Å². The van der Waals surface area contributed by atoms with E-state index in [1.807, 2.05) is 17.9 Å². The molecule has 0 fully saturated rings. The number of unbranched alkanes of at least 4 members (excludes halogenated alkanes) is 2. The van der Waals surface area contributed by atoms with Gasteiger partial charge in [0.1, 0.15) is 0 Å². The lowest BCUT2D eigenvalue weighted by Crippen LogP contribution is -2.20. The van der Waals surface area contributed by atoms with Gasteiger partial charge >= 0.3 is 0 Å². The number of aryl methyl sites for hydroxylation is 1. The highest BCUT2D eigenvalue weighted by atomic mass is 15.4. The molecule has 1 rings (SSSR count). The van der Waals surface area contributed by atoms with Crippen molar-refractivity contribution in [3.05, 3.63) is 11.9 Å². The standard InChI is InChI=1S/C12H24N4/c1-4-6-7-8-11(13-3)12-10-14-15-16(12)9-5-2/h10-11,13H,4-9H2,1-3H3. The maximum atomic E-state index is 4.13. The molecule has 1 unspecified atom stereocenters. The zero-order valence-corrected chi connectivity index (χ0v) is 10.7. The third kappa shape index (κ3) is 3.59. The first-order valence-electron chi connectivity index (χ1n) is 6.39. The van der Waals surface area contributed by atoms with Gasteiger partial charge in [0.05, 0.1) is 17.9 Å². The number of hydrogen-bond acceptors (Lipinski definition) is 3. The second kappa shape index (κ2) is 7.39. The van der Waals surface area contributed by atoms with Crippen LogP contribution in [0.25, 0.3) is 0 Å². The lowest BCUT2D eigenvalue weighted by molar-refractivity contribution is 0.456. The smallest absolute Gasteiger partial charge is 0.0756 e. The van der Waals surface area contributed by atoms with Crippen molar-refractivity contribution >= 4 is 0 Å². The average molecular weight is 224 g/mol. The fraction of sp³-hybridized carbons (Fsp3) is 0.833. The van der Waals surface area contributed by atoms with Crippen molar-refractivity contribution in [2.24, 2.45) is 0 Å². The van der Waals surface area contributed by atoms with Crippen LogP contribution in [-0.2, 0) is 6.54 Å². The van der Waals surface area contributed by atoms with Gasteiger partial charge < -0.3 is 5.32 Å². The maximum Gasteiger partial charge on any atom is 0.0756 e. The van der Waals surface area contributed by atoms with Gasteiger partial charge in [-0.15, -0.1) is 5.10 Å². The van der Waals surface area contributed by atoms with Gasteiger partial charge in [-0.1, -0.05) is 38.3 Å². The fourth-order valence-electron chi connectivity index (χ4n) is 1.96. The minimum atomic E-state index is 0.396. The van der Waals surface area contributed by atoms with Crippen LogP contribution in [0.2, 0.25) is 0 Å². The lowest BCUT2D eigenvalue weighted by Gasteiger charge is -2.16. The Labute approximate surface area is 98.4 Å². The van der Waals surface area contributed by atoms with Crippen molar-refractivity contribution in [2.75, 3.05) is 7.05 Å². The van der Waals surface area contributed by atoms with Crippen LogP contribution in [0.3, 0.4) is 0 Å². The van der Waals surface area contributed by atoms with Crippen molar-refractivity contribution < 1.29 is 0 Å². The van der Waals surface area contributed by atoms with E-state index in [9.17, 15) is 0 Å². The Kier molecular flexibility index (Phi) is 6.08. The molecule has 1 aromatic rings. The Morgan fingerprint density at radius 1 is 1.31 bits per heavy atom. The van der Waals surface area contributed by atoms with Crippen LogP contribution in [0.1, 0.15) is 57.7 Å². The van der Waals surface area contributed by atoms with Crippen LogP contribution in [0, 0.1) is 0 Å². The quantitative estimate of drug-likeness (QED) is 0.690. The van der Waals surface area contributed by atoms with Crippen molar-refractivity contribution in [2.45, 2.75) is 58.5 Å². The van der Waals surface area contributed by atoms with Crippen molar-refractivity contribution in [3.8, 4) is 0 Å². The molecule has 0 amide bonds. The minimum absolute atomic E-state index is 0.396. The zero-order valence-electron chi connectivity index (χ0n) is 10.7. The van der Waals surface area contributed by atoms with Crippen molar-refractivity contribution in [3.63, 3.8) is 0 Å². The van der Waals surface area contributed by atoms with E-state index in [2.05, 4.69) is 29.5 Å². The van der Waals surface area contributed by atoms with Crippen molar-refractivity contribution in [1.29, 1.82) is 0 Å². The summed E-state index contributed by atoms with van der Waals surface area (Å²) in [5, 5.41) is 11.5. The number of aromatic nitrogens is 3. The highest BCUT2D eigenvalue weighted by Crippen LogP contribution is 2.18. The summed E-state index contributed by atoms with van der Waals surface area (Å²) >= 11 is 0. The van der Waals surface area contributed by atoms with Crippen LogP contribution >= 0.6 is 0 Å². The van der Waals surface area contributed by atoms with Gasteiger partial charge in [-0.25, -0.2) is 4.68 Å². The largest absolute Gasteiger partial charge is 0.312 e. The molecule has 0 saturated heterocycles. The minimum Gasteiger partial charge on any atom is -0.312 e. The van der Waals surface area contributed by atoms with Crippen LogP contribution in [0.4, 0.5) is 0 Å². The third-order valence-corrected chi connectivity index (χ3v) is 2.88. The summed E-state index contributed by atoms with van der Waals surface area (Å²) < 4.78 is 2.02. The number of rotatable bonds is 8. The predicted molar refractivity (Wildman–Crippen MR) is 66.3 cm³/mol. The summed E-state index contributed by atoms with van der Waals surface area (Å²) in [6, 6.07) is 0.396. The Morgan fingerprint density at radius 3 is 2.75 bits per heavy atom. The molecule has 0 aromatic carbocycles. The molecule has 4 heteroatoms. The molecule has 92 valence electrons. The molecular formula is C12H24N4. The number of nitrogens with one attached hydrogen (secondary N) is 1. The summed E-state index contributed by atoms with van der Waals surface area (Å²) in [7, 11) is 2.01. The molecule has 0 saturated carbocycles. The second-order valence-corrected chi connectivity index (χ2v) is 4.22. The van der Waals surface area contributed by atoms with Gasteiger partial charge in [0, 0.05) is 6.54 Å². The number of hydrogen-bond donors (Lipinski definition) is 1. The normalized spacial score (nSPS) is 12.9. The lowest BCUT2D eigenvalue weighted by atomic mass is 10.1. The molecule has 4 nitrogen and oxygen atoms in total. The molecule has 1 heterocycles. The first kappa shape index (κ1) is 13.2. The van der Waals surface area contributed by atoms with Gasteiger partial charge in [0.2, 0.25) is 0 Å². The Bertz CT molecular complexity index is 282. The SMILES string of the molecule is CCCCCC(NC)c1cnnn1CCC. The van der Waals surface area contributed by atoms with Crippen LogP contribution in [-0.4, -0.2) is 22.0 Å². The molecule has 0 aliphatic rings. The van der Waals surface area contributed by atoms with Gasteiger partial charge in [0.25, 0.3) is 0 Å². The van der Waals surface area contributed by atoms with Crippen LogP contribution in [0.15, 0.2) is 6.20 Å². The van der Waals surface area contributed by atoms with Crippen LogP contribution in [0.5, 0.6) is 0 Å². The molecular weight excluding hydrogens is 200 g/mol. The Hall–Kier alpha value is -0.900. The summed E-state index contributed by atoms with van der Waals surface area (Å²) in [5.41, 5.74) is 1.22. The number of nitrogens with zero attached hydrogens (tertiary/aromatic N) is 3. The van der Waals surface area contributed by atoms with E-state index in [-0.39, 0.29) is 0 Å². The van der Waals surface area contributed by atoms with Crippen LogP contribution < -0.4 is 5.32 Å². The molecule has 0 aliphatic carbocycles. The van der Waals surface area contributed by atoms with Gasteiger partial charge in [-0.3, -0.25) is 0 Å². The van der Waals surface area contributed by atoms with E-state index in [0.717, 1.165) is 13.0 Å². The molecule has 0 aliphatic heterocycles. The maximum absolute atomic E-state index is 4.13. The third-order valence-electron chi connectivity index (χ3n) is 2.88. The van der Waals surface area contributed by atoms with E-state index < -0.39 is 0 Å². The van der Waals surface area contributed by atoms with Gasteiger partial charge in [-0.2, -0.15) is 0 Å². The topological polar surface area (TPSA) is 42.7 Å². The van der Waals surface area contributed by atoms with E-state index in [0.29, 0.717) is 6.04 Å². The highest BCUT2D eigenvalue weighted by Gasteiger charge is 2.14. The van der Waals surface area contributed by atoms with Crippen molar-refractivity contribution in [1.82, 2.24) is 20.3 Å². The summed E-state index contributed by atoms with van der Waals surface area (Å²) in [6.45, 7) is 5.36. The molecule has 0 radical (unpaired) electrons. The Balaban J connectivity index is 2.59. The average Bonchev–Trinajstić information content (AvgIpc) is 2.73. The van der Waals surface area contributed by atoms with E-state index in [1.54, 1.807) is 0 Å². The van der Waals surface area contributed by atoms with Gasteiger partial charge in [0.15, 0.2) is 0 Å². The first-order chi connectivity index (χ1) is 7.83. The van der Waals surface area contributed by atoms with E-state index in [4.69, 9.17) is 0 Å². The summed E-state index contributed by atoms with van der Waals surface area (Å²) in [4.78, 5) is 0. The molecule has 1 N–H and O–H groups in total. The highest BCUT2D eigenvalue weighted by molar-refractivity contribution is 5.01. The van der Waals surface area contributed by atoms with Gasteiger partial charge in [-0.05, 0) is 19.9 Å². The summed E-state index contributed by atoms with van der Waals surface area (Å²) in [5.74, 6) is 0. The zero-order chi connectivity index (χ0) is 11.8. The molecule has 0 spiro atoms. The predicted octanol–water partition coefficient (Wildman–Crippen LogP) is 2.53. The molecule has 0 bridgehead atoms. The molecule has 16 heavy (non-hydrogen) atoms. The van der Waals surface area contributed by atoms with E-state index >= 15 is 0 Å². The second-order valence-electron chi connectivity index (χ2n) is 4.22. The summed E-state index contributed by atoms with van der Waals surface area (Å²) in [6.07, 6.45) is 7.99. The fourth-order valence-corrected chi connectivity index (χ4v) is 1.96. The molecule has 1 atom stereocenters. The molecule has 1 aromatic heterocycles.